The Balaban J connectivity index is 1.50. The van der Waals surface area contributed by atoms with Crippen LogP contribution in [-0.2, 0) is 11.2 Å². The molecule has 1 aromatic carbocycles. The SMILES string of the molecule is C/C=C(\C=C(/C)CCCCCCc1ccc(OC)c(OC)c1)c1cnc2ccc(NC(=S)NCCOC)nc2n1. The lowest BCUT2D eigenvalue weighted by Gasteiger charge is -2.10. The molecule has 9 heteroatoms. The van der Waals surface area contributed by atoms with Crippen molar-refractivity contribution >= 4 is 39.9 Å². The van der Waals surface area contributed by atoms with E-state index in [1.807, 2.05) is 25.1 Å². The Morgan fingerprint density at radius 3 is 2.52 bits per heavy atom. The standard InChI is InChI=1S/C31H41N5O3S/c1-6-24(19-22(2)11-9-7-8-10-12-23-13-15-27(38-4)28(20-23)39-5)26-21-33-25-14-16-29(35-30(25)34-26)36-31(40)32-17-18-37-3/h6,13-16,19-21H,7-12,17-18H2,1-5H3,(H2,32,34,35,36,40)/b22-19+,24-6+. The number of methoxy groups -OCH3 is 3. The van der Waals surface area contributed by atoms with Crippen molar-refractivity contribution in [2.24, 2.45) is 0 Å². The number of anilines is 1. The zero-order chi connectivity index (χ0) is 28.7. The van der Waals surface area contributed by atoms with Gasteiger partial charge in [0.25, 0.3) is 0 Å². The van der Waals surface area contributed by atoms with E-state index in [4.69, 9.17) is 31.4 Å². The molecule has 2 N–H and O–H groups in total. The maximum absolute atomic E-state index is 5.41. The molecular formula is C31H41N5O3S. The first-order valence-corrected chi connectivity index (χ1v) is 14.1. The molecule has 0 aliphatic carbocycles. The third-order valence-corrected chi connectivity index (χ3v) is 6.73. The molecule has 0 unspecified atom stereocenters. The van der Waals surface area contributed by atoms with Gasteiger partial charge in [-0.2, -0.15) is 0 Å². The van der Waals surface area contributed by atoms with Gasteiger partial charge in [-0.3, -0.25) is 4.98 Å². The minimum Gasteiger partial charge on any atom is -0.493 e. The molecule has 0 aliphatic heterocycles. The summed E-state index contributed by atoms with van der Waals surface area (Å²) >= 11 is 5.32. The van der Waals surface area contributed by atoms with Gasteiger partial charge in [0.15, 0.2) is 22.3 Å². The van der Waals surface area contributed by atoms with Gasteiger partial charge in [0.2, 0.25) is 0 Å². The van der Waals surface area contributed by atoms with Gasteiger partial charge in [-0.1, -0.05) is 36.6 Å². The van der Waals surface area contributed by atoms with Crippen molar-refractivity contribution in [3.05, 3.63) is 65.5 Å². The van der Waals surface area contributed by atoms with Crippen LogP contribution >= 0.6 is 12.2 Å². The van der Waals surface area contributed by atoms with Crippen LogP contribution in [0.2, 0.25) is 0 Å². The first-order chi connectivity index (χ1) is 19.5. The molecule has 8 nitrogen and oxygen atoms in total. The van der Waals surface area contributed by atoms with Gasteiger partial charge in [0.05, 0.1) is 32.7 Å². The van der Waals surface area contributed by atoms with E-state index in [0.717, 1.165) is 54.0 Å². The van der Waals surface area contributed by atoms with Crippen molar-refractivity contribution in [1.82, 2.24) is 20.3 Å². The highest BCUT2D eigenvalue weighted by Crippen LogP contribution is 2.28. The molecule has 2 aromatic heterocycles. The third-order valence-electron chi connectivity index (χ3n) is 6.48. The van der Waals surface area contributed by atoms with Crippen LogP contribution in [0, 0.1) is 0 Å². The van der Waals surface area contributed by atoms with E-state index < -0.39 is 0 Å². The monoisotopic (exact) mass is 563 g/mol. The maximum Gasteiger partial charge on any atom is 0.180 e. The number of unbranched alkanes of at least 4 members (excludes halogenated alkanes) is 3. The van der Waals surface area contributed by atoms with Crippen LogP contribution in [0.3, 0.4) is 0 Å². The third kappa shape index (κ3) is 9.57. The molecule has 0 amide bonds. The van der Waals surface area contributed by atoms with Crippen molar-refractivity contribution in [2.75, 3.05) is 39.8 Å². The summed E-state index contributed by atoms with van der Waals surface area (Å²) in [5.74, 6) is 2.18. The van der Waals surface area contributed by atoms with Crippen LogP contribution in [0.4, 0.5) is 5.82 Å². The lowest BCUT2D eigenvalue weighted by atomic mass is 10.0. The second-order valence-corrected chi connectivity index (χ2v) is 9.91. The minimum atomic E-state index is 0.488. The summed E-state index contributed by atoms with van der Waals surface area (Å²) in [5.41, 5.74) is 5.75. The van der Waals surface area contributed by atoms with E-state index >= 15 is 0 Å². The van der Waals surface area contributed by atoms with Crippen LogP contribution in [0.15, 0.2) is 54.3 Å². The Labute approximate surface area is 243 Å². The molecule has 3 rings (SSSR count). The van der Waals surface area contributed by atoms with Gasteiger partial charge in [-0.15, -0.1) is 0 Å². The Morgan fingerprint density at radius 1 is 0.975 bits per heavy atom. The fourth-order valence-corrected chi connectivity index (χ4v) is 4.51. The number of allylic oxidation sites excluding steroid dienone is 4. The summed E-state index contributed by atoms with van der Waals surface area (Å²) in [5, 5.41) is 6.66. The lowest BCUT2D eigenvalue weighted by Crippen LogP contribution is -2.31. The summed E-state index contributed by atoms with van der Waals surface area (Å²) in [6, 6.07) is 9.90. The highest BCUT2D eigenvalue weighted by Gasteiger charge is 2.08. The number of thiocarbonyl (C=S) groups is 1. The van der Waals surface area contributed by atoms with Crippen molar-refractivity contribution in [2.45, 2.75) is 52.4 Å². The van der Waals surface area contributed by atoms with Crippen LogP contribution in [0.5, 0.6) is 11.5 Å². The Morgan fingerprint density at radius 2 is 1.77 bits per heavy atom. The second-order valence-electron chi connectivity index (χ2n) is 9.51. The van der Waals surface area contributed by atoms with Crippen molar-refractivity contribution in [1.29, 1.82) is 0 Å². The van der Waals surface area contributed by atoms with E-state index in [1.165, 1.54) is 24.0 Å². The maximum atomic E-state index is 5.41. The zero-order valence-electron chi connectivity index (χ0n) is 24.3. The number of hydrogen-bond donors (Lipinski definition) is 2. The van der Waals surface area contributed by atoms with Crippen LogP contribution in [0.1, 0.15) is 57.2 Å². The molecule has 214 valence electrons. The van der Waals surface area contributed by atoms with E-state index in [9.17, 15) is 0 Å². The molecule has 2 heterocycles. The molecule has 0 aliphatic rings. The summed E-state index contributed by atoms with van der Waals surface area (Å²) in [6.45, 7) is 5.39. The second kappa shape index (κ2) is 16.5. The zero-order valence-corrected chi connectivity index (χ0v) is 25.1. The number of fused-ring (bicyclic) bond motifs is 1. The fraction of sp³-hybridized carbons (Fsp3) is 0.419. The molecule has 3 aromatic rings. The number of rotatable bonds is 15. The van der Waals surface area contributed by atoms with Crippen LogP contribution in [-0.4, -0.2) is 54.5 Å². The average Bonchev–Trinajstić information content (AvgIpc) is 2.97. The quantitative estimate of drug-likeness (QED) is 0.122. The van der Waals surface area contributed by atoms with Gasteiger partial charge < -0.3 is 24.8 Å². The van der Waals surface area contributed by atoms with E-state index in [2.05, 4.69) is 51.8 Å². The molecule has 0 bridgehead atoms. The number of benzene rings is 1. The summed E-state index contributed by atoms with van der Waals surface area (Å²) in [4.78, 5) is 14.0. The van der Waals surface area contributed by atoms with E-state index in [-0.39, 0.29) is 0 Å². The number of hydrogen-bond acceptors (Lipinski definition) is 7. The number of ether oxygens (including phenoxy) is 3. The van der Waals surface area contributed by atoms with Gasteiger partial charge in [-0.25, -0.2) is 9.97 Å². The Hall–Kier alpha value is -3.56. The molecule has 0 fully saturated rings. The normalized spacial score (nSPS) is 11.9. The number of nitrogens with zero attached hydrogens (tertiary/aromatic N) is 3. The number of aryl methyl sites for hydroxylation is 1. The first-order valence-electron chi connectivity index (χ1n) is 13.7. The predicted octanol–water partition coefficient (Wildman–Crippen LogP) is 6.52. The molecular weight excluding hydrogens is 522 g/mol. The highest BCUT2D eigenvalue weighted by atomic mass is 32.1. The van der Waals surface area contributed by atoms with Gasteiger partial charge >= 0.3 is 0 Å². The Kier molecular flexibility index (Phi) is 12.8. The summed E-state index contributed by atoms with van der Waals surface area (Å²) in [7, 11) is 4.99. The number of pyridine rings is 1. The predicted molar refractivity (Wildman–Crippen MR) is 167 cm³/mol. The molecule has 0 saturated heterocycles. The first kappa shape index (κ1) is 31.0. The van der Waals surface area contributed by atoms with Gasteiger partial charge in [0.1, 0.15) is 11.3 Å². The molecule has 40 heavy (non-hydrogen) atoms. The van der Waals surface area contributed by atoms with E-state index in [1.54, 1.807) is 27.5 Å². The number of aromatic nitrogens is 3. The molecule has 0 saturated carbocycles. The van der Waals surface area contributed by atoms with Crippen LogP contribution in [0.25, 0.3) is 16.7 Å². The highest BCUT2D eigenvalue weighted by molar-refractivity contribution is 7.80. The fourth-order valence-electron chi connectivity index (χ4n) is 4.30. The smallest absolute Gasteiger partial charge is 0.180 e. The Bertz CT molecular complexity index is 1330. The molecule has 0 spiro atoms. The topological polar surface area (TPSA) is 90.4 Å². The summed E-state index contributed by atoms with van der Waals surface area (Å²) < 4.78 is 15.8. The van der Waals surface area contributed by atoms with Gasteiger partial charge in [0, 0.05) is 13.7 Å². The van der Waals surface area contributed by atoms with Crippen molar-refractivity contribution in [3.8, 4) is 11.5 Å². The summed E-state index contributed by atoms with van der Waals surface area (Å²) in [6.07, 6.45) is 12.9. The average molecular weight is 564 g/mol. The molecule has 0 atom stereocenters. The lowest BCUT2D eigenvalue weighted by molar-refractivity contribution is 0.204. The van der Waals surface area contributed by atoms with Crippen molar-refractivity contribution < 1.29 is 14.2 Å². The molecule has 0 radical (unpaired) electrons. The van der Waals surface area contributed by atoms with E-state index in [0.29, 0.717) is 29.7 Å². The van der Waals surface area contributed by atoms with Crippen molar-refractivity contribution in [3.63, 3.8) is 0 Å². The minimum absolute atomic E-state index is 0.488. The van der Waals surface area contributed by atoms with Gasteiger partial charge in [-0.05, 0) is 87.2 Å². The largest absolute Gasteiger partial charge is 0.493 e. The van der Waals surface area contributed by atoms with Crippen LogP contribution < -0.4 is 20.1 Å². The number of nitrogens with one attached hydrogen (secondary N) is 2.